The molecule has 2 N–H and O–H groups in total. The average Bonchev–Trinajstić information content (AvgIpc) is 2.86. The molecule has 4 rings (SSSR count). The molecular weight excluding hydrogens is 500 g/mol. The van der Waals surface area contributed by atoms with Crippen LogP contribution in [-0.4, -0.2) is 37.9 Å². The van der Waals surface area contributed by atoms with Gasteiger partial charge in [-0.1, -0.05) is 77.1 Å². The highest BCUT2D eigenvalue weighted by molar-refractivity contribution is 6.25. The van der Waals surface area contributed by atoms with E-state index in [0.717, 1.165) is 0 Å². The average molecular weight is 551 g/mol. The highest BCUT2D eigenvalue weighted by Gasteiger charge is 2.17. The van der Waals surface area contributed by atoms with Crippen LogP contribution in [0.5, 0.6) is 0 Å². The topological polar surface area (TPSA) is 76.7 Å². The number of ether oxygens (including phenoxy) is 2. The van der Waals surface area contributed by atoms with Crippen molar-refractivity contribution in [1.82, 2.24) is 5.32 Å². The van der Waals surface area contributed by atoms with Crippen molar-refractivity contribution < 1.29 is 19.1 Å². The van der Waals surface area contributed by atoms with Crippen LogP contribution in [0.3, 0.4) is 0 Å². The van der Waals surface area contributed by atoms with Crippen molar-refractivity contribution in [3.8, 4) is 0 Å². The van der Waals surface area contributed by atoms with Crippen LogP contribution in [0, 0.1) is 0 Å². The van der Waals surface area contributed by atoms with E-state index in [1.54, 1.807) is 0 Å². The van der Waals surface area contributed by atoms with Crippen LogP contribution < -0.4 is 10.6 Å². The van der Waals surface area contributed by atoms with Gasteiger partial charge in [0.05, 0.1) is 0 Å². The van der Waals surface area contributed by atoms with Crippen molar-refractivity contribution in [1.29, 1.82) is 0 Å². The Kier molecular flexibility index (Phi) is 12.2. The lowest BCUT2D eigenvalue weighted by Gasteiger charge is -2.21. The second-order valence-electron chi connectivity index (χ2n) is 12.3. The summed E-state index contributed by atoms with van der Waals surface area (Å²) in [5.74, 6) is 0. The number of amides is 1. The molecule has 0 unspecified atom stereocenters. The molecular formula is C34H50N2O4. The second-order valence-corrected chi connectivity index (χ2v) is 12.3. The zero-order valence-electron chi connectivity index (χ0n) is 26.8. The third kappa shape index (κ3) is 9.89. The van der Waals surface area contributed by atoms with E-state index in [4.69, 9.17) is 4.74 Å². The van der Waals surface area contributed by atoms with Gasteiger partial charge in [0, 0.05) is 25.2 Å². The Labute approximate surface area is 241 Å². The maximum Gasteiger partial charge on any atom is 0.407 e. The van der Waals surface area contributed by atoms with Crippen LogP contribution in [-0.2, 0) is 19.7 Å². The minimum absolute atomic E-state index is 0.167. The predicted octanol–water partition coefficient (Wildman–Crippen LogP) is 9.05. The normalized spacial score (nSPS) is 11.3. The maximum atomic E-state index is 10.5. The number of rotatable bonds is 2. The largest absolute Gasteiger partial charge is 0.462 e. The van der Waals surface area contributed by atoms with Gasteiger partial charge in [-0.15, -0.1) is 0 Å². The molecule has 0 aromatic heterocycles. The van der Waals surface area contributed by atoms with Gasteiger partial charge in [-0.05, 0) is 85.5 Å². The fourth-order valence-electron chi connectivity index (χ4n) is 3.94. The molecule has 0 fully saturated rings. The molecule has 0 atom stereocenters. The van der Waals surface area contributed by atoms with Crippen LogP contribution in [0.4, 0.5) is 10.5 Å². The van der Waals surface area contributed by atoms with Crippen LogP contribution in [0.15, 0.2) is 48.5 Å². The quantitative estimate of drug-likeness (QED) is 0.192. The SMILES string of the molecule is CC.CC(C)(C)OC=O.CNC(=O)OC(C)(C)C.CNc1ccc2ccc3cc(C(C)(C)C)cc4ccc1c2c34. The van der Waals surface area contributed by atoms with Crippen molar-refractivity contribution in [2.24, 2.45) is 0 Å². The Bertz CT molecular complexity index is 1350. The summed E-state index contributed by atoms with van der Waals surface area (Å²) in [6.45, 7) is 22.2. The van der Waals surface area contributed by atoms with E-state index in [-0.39, 0.29) is 22.7 Å². The molecule has 4 aromatic carbocycles. The van der Waals surface area contributed by atoms with Gasteiger partial charge >= 0.3 is 6.09 Å². The van der Waals surface area contributed by atoms with E-state index in [1.165, 1.54) is 50.6 Å². The number of hydrogen-bond acceptors (Lipinski definition) is 5. The van der Waals surface area contributed by atoms with E-state index in [9.17, 15) is 9.59 Å². The molecule has 220 valence electrons. The molecule has 0 saturated carbocycles. The second kappa shape index (κ2) is 14.2. The molecule has 0 aliphatic carbocycles. The van der Waals surface area contributed by atoms with Crippen molar-refractivity contribution in [3.05, 3.63) is 54.1 Å². The number of alkyl carbamates (subject to hydrolysis) is 1. The van der Waals surface area contributed by atoms with Crippen LogP contribution in [0.2, 0.25) is 0 Å². The number of nitrogens with one attached hydrogen (secondary N) is 2. The van der Waals surface area contributed by atoms with Gasteiger partial charge in [-0.3, -0.25) is 4.79 Å². The maximum absolute atomic E-state index is 10.5. The van der Waals surface area contributed by atoms with E-state index >= 15 is 0 Å². The summed E-state index contributed by atoms with van der Waals surface area (Å²) in [7, 11) is 3.53. The number of carbonyl (C=O) groups is 2. The lowest BCUT2D eigenvalue weighted by Crippen LogP contribution is -2.30. The minimum Gasteiger partial charge on any atom is -0.462 e. The zero-order chi connectivity index (χ0) is 30.9. The Balaban J connectivity index is 0.000000371. The summed E-state index contributed by atoms with van der Waals surface area (Å²) in [5, 5.41) is 13.7. The molecule has 0 bridgehead atoms. The first kappa shape index (κ1) is 34.5. The fraction of sp³-hybridized carbons (Fsp3) is 0.471. The first-order chi connectivity index (χ1) is 18.5. The first-order valence-electron chi connectivity index (χ1n) is 13.9. The zero-order valence-corrected chi connectivity index (χ0v) is 26.8. The summed E-state index contributed by atoms with van der Waals surface area (Å²) in [6.07, 6.45) is -0.387. The molecule has 6 heteroatoms. The first-order valence-corrected chi connectivity index (χ1v) is 13.9. The minimum atomic E-state index is -0.389. The van der Waals surface area contributed by atoms with E-state index < -0.39 is 0 Å². The van der Waals surface area contributed by atoms with Crippen molar-refractivity contribution >= 4 is 50.6 Å². The molecule has 0 spiro atoms. The van der Waals surface area contributed by atoms with Gasteiger partial charge in [0.1, 0.15) is 11.2 Å². The number of carbonyl (C=O) groups excluding carboxylic acids is 2. The van der Waals surface area contributed by atoms with Crippen molar-refractivity contribution in [3.63, 3.8) is 0 Å². The molecule has 4 aromatic rings. The third-order valence-electron chi connectivity index (χ3n) is 5.74. The Morgan fingerprint density at radius 1 is 0.725 bits per heavy atom. The number of benzene rings is 4. The number of hydrogen-bond donors (Lipinski definition) is 2. The van der Waals surface area contributed by atoms with Crippen molar-refractivity contribution in [2.45, 2.75) is 92.8 Å². The van der Waals surface area contributed by atoms with Crippen LogP contribution in [0.25, 0.3) is 32.3 Å². The highest BCUT2D eigenvalue weighted by atomic mass is 16.6. The molecule has 0 aliphatic rings. The Morgan fingerprint density at radius 2 is 1.23 bits per heavy atom. The molecule has 0 saturated heterocycles. The standard InChI is InChI=1S/C21H21N.C6H13NO2.C5H10O2.C2H6/c1-21(2,3)16-11-14-6-5-13-8-10-18(22-4)17-9-7-15(12-16)19(14)20(13)17;1-6(2,3)9-5(8)7-4;1-5(2,3)7-4-6;1-2/h5-12,22H,1-4H3;1-4H3,(H,7,8);4H,1-3H3;1-2H3. The molecule has 0 heterocycles. The smallest absolute Gasteiger partial charge is 0.407 e. The molecule has 1 amide bonds. The van der Waals surface area contributed by atoms with E-state index in [1.807, 2.05) is 62.4 Å². The molecule has 0 radical (unpaired) electrons. The highest BCUT2D eigenvalue weighted by Crippen LogP contribution is 2.39. The van der Waals surface area contributed by atoms with E-state index in [2.05, 4.69) is 84.7 Å². The molecule has 6 nitrogen and oxygen atoms in total. The van der Waals surface area contributed by atoms with Gasteiger partial charge < -0.3 is 20.1 Å². The lowest BCUT2D eigenvalue weighted by atomic mass is 9.83. The molecule has 0 aliphatic heterocycles. The predicted molar refractivity (Wildman–Crippen MR) is 172 cm³/mol. The third-order valence-corrected chi connectivity index (χ3v) is 5.74. The van der Waals surface area contributed by atoms with Crippen LogP contribution in [0.1, 0.15) is 81.7 Å². The number of anilines is 1. The summed E-state index contributed by atoms with van der Waals surface area (Å²) in [5.41, 5.74) is 2.05. The van der Waals surface area contributed by atoms with Gasteiger partial charge in [0.2, 0.25) is 0 Å². The van der Waals surface area contributed by atoms with E-state index in [0.29, 0.717) is 6.47 Å². The van der Waals surface area contributed by atoms with Gasteiger partial charge in [0.15, 0.2) is 0 Å². The molecule has 40 heavy (non-hydrogen) atoms. The van der Waals surface area contributed by atoms with Gasteiger partial charge in [-0.2, -0.15) is 0 Å². The van der Waals surface area contributed by atoms with Crippen molar-refractivity contribution in [2.75, 3.05) is 19.4 Å². The summed E-state index contributed by atoms with van der Waals surface area (Å²) >= 11 is 0. The van der Waals surface area contributed by atoms with Gasteiger partial charge in [0.25, 0.3) is 6.47 Å². The Hall–Kier alpha value is -3.54. The van der Waals surface area contributed by atoms with Crippen LogP contribution >= 0.6 is 0 Å². The summed E-state index contributed by atoms with van der Waals surface area (Å²) in [4.78, 5) is 20.1. The fourth-order valence-corrected chi connectivity index (χ4v) is 3.94. The van der Waals surface area contributed by atoms with Gasteiger partial charge in [-0.25, -0.2) is 4.79 Å². The Morgan fingerprint density at radius 3 is 1.60 bits per heavy atom. The monoisotopic (exact) mass is 550 g/mol. The summed E-state index contributed by atoms with van der Waals surface area (Å²) < 4.78 is 9.39. The lowest BCUT2D eigenvalue weighted by molar-refractivity contribution is -0.138. The summed E-state index contributed by atoms with van der Waals surface area (Å²) in [6, 6.07) is 18.1.